The molecule has 35 heavy (non-hydrogen) atoms. The van der Waals surface area contributed by atoms with Crippen molar-refractivity contribution in [1.29, 1.82) is 0 Å². The van der Waals surface area contributed by atoms with Gasteiger partial charge in [-0.15, -0.1) is 11.3 Å². The lowest BCUT2D eigenvalue weighted by Crippen LogP contribution is -2.50. The Morgan fingerprint density at radius 1 is 1.06 bits per heavy atom. The zero-order valence-corrected chi connectivity index (χ0v) is 21.0. The van der Waals surface area contributed by atoms with Gasteiger partial charge in [-0.05, 0) is 31.0 Å². The van der Waals surface area contributed by atoms with Gasteiger partial charge in [0.15, 0.2) is 5.82 Å². The normalized spacial score (nSPS) is 15.3. The van der Waals surface area contributed by atoms with E-state index in [1.807, 2.05) is 31.2 Å². The summed E-state index contributed by atoms with van der Waals surface area (Å²) < 4.78 is 0. The third-order valence-electron chi connectivity index (χ3n) is 6.45. The number of nitrogens with zero attached hydrogens (tertiary/aromatic N) is 5. The zero-order valence-electron chi connectivity index (χ0n) is 20.1. The van der Waals surface area contributed by atoms with Crippen molar-refractivity contribution in [3.63, 3.8) is 0 Å². The van der Waals surface area contributed by atoms with Crippen LogP contribution < -0.4 is 10.2 Å². The molecule has 1 amide bonds. The van der Waals surface area contributed by atoms with E-state index in [9.17, 15) is 4.79 Å². The summed E-state index contributed by atoms with van der Waals surface area (Å²) in [5.74, 6) is 1.68. The van der Waals surface area contributed by atoms with Gasteiger partial charge in [-0.3, -0.25) is 14.7 Å². The smallest absolute Gasteiger partial charge is 0.234 e. The summed E-state index contributed by atoms with van der Waals surface area (Å²) in [6, 6.07) is 16.4. The van der Waals surface area contributed by atoms with Crippen LogP contribution in [0.1, 0.15) is 20.3 Å². The zero-order chi connectivity index (χ0) is 24.2. The van der Waals surface area contributed by atoms with Crippen molar-refractivity contribution in [2.75, 3.05) is 37.6 Å². The molecule has 7 nitrogen and oxygen atoms in total. The van der Waals surface area contributed by atoms with Crippen LogP contribution in [0, 0.1) is 0 Å². The number of benzene rings is 1. The SMILES string of the molecule is CCC(C)NC(=O)CN1CCN(c2nc(-c3ccccn3)nc3scc(-c4ccccc4)c23)CC1. The minimum absolute atomic E-state index is 0.0962. The third kappa shape index (κ3) is 5.18. The Morgan fingerprint density at radius 2 is 1.83 bits per heavy atom. The van der Waals surface area contributed by atoms with E-state index < -0.39 is 0 Å². The van der Waals surface area contributed by atoms with Gasteiger partial charge in [0.25, 0.3) is 0 Å². The number of pyridine rings is 1. The van der Waals surface area contributed by atoms with E-state index in [1.165, 1.54) is 0 Å². The van der Waals surface area contributed by atoms with Gasteiger partial charge in [0.05, 0.1) is 11.9 Å². The van der Waals surface area contributed by atoms with Crippen molar-refractivity contribution in [3.8, 4) is 22.6 Å². The summed E-state index contributed by atoms with van der Waals surface area (Å²) in [6.07, 6.45) is 2.71. The van der Waals surface area contributed by atoms with Crippen molar-refractivity contribution in [1.82, 2.24) is 25.2 Å². The Labute approximate surface area is 209 Å². The summed E-state index contributed by atoms with van der Waals surface area (Å²) in [5, 5.41) is 6.33. The standard InChI is InChI=1S/C27H30N6OS/c1-3-19(2)29-23(34)17-32-13-15-33(16-14-32)26-24-21(20-9-5-4-6-10-20)18-35-27(24)31-25(30-26)22-11-7-8-12-28-22/h4-12,18-19H,3,13-17H2,1-2H3,(H,29,34). The molecule has 1 unspecified atom stereocenters. The molecule has 0 bridgehead atoms. The van der Waals surface area contributed by atoms with Crippen LogP contribution in [0.25, 0.3) is 32.9 Å². The maximum Gasteiger partial charge on any atom is 0.234 e. The molecular weight excluding hydrogens is 456 g/mol. The van der Waals surface area contributed by atoms with Gasteiger partial charge >= 0.3 is 0 Å². The number of carbonyl (C=O) groups is 1. The van der Waals surface area contributed by atoms with E-state index in [4.69, 9.17) is 9.97 Å². The molecule has 3 aromatic heterocycles. The number of piperazine rings is 1. The van der Waals surface area contributed by atoms with E-state index in [0.717, 1.165) is 65.5 Å². The first-order valence-electron chi connectivity index (χ1n) is 12.1. The molecule has 1 atom stereocenters. The van der Waals surface area contributed by atoms with Crippen LogP contribution in [-0.4, -0.2) is 64.5 Å². The van der Waals surface area contributed by atoms with Gasteiger partial charge < -0.3 is 10.2 Å². The van der Waals surface area contributed by atoms with Crippen molar-refractivity contribution in [2.45, 2.75) is 26.3 Å². The minimum atomic E-state index is 0.0962. The molecule has 4 aromatic rings. The Balaban J connectivity index is 1.45. The molecule has 8 heteroatoms. The van der Waals surface area contributed by atoms with Gasteiger partial charge in [-0.25, -0.2) is 9.97 Å². The highest BCUT2D eigenvalue weighted by atomic mass is 32.1. The van der Waals surface area contributed by atoms with E-state index >= 15 is 0 Å². The van der Waals surface area contributed by atoms with Crippen molar-refractivity contribution in [2.24, 2.45) is 0 Å². The fourth-order valence-corrected chi connectivity index (χ4v) is 5.28. The maximum absolute atomic E-state index is 12.4. The minimum Gasteiger partial charge on any atom is -0.353 e. The monoisotopic (exact) mass is 486 g/mol. The molecule has 1 N–H and O–H groups in total. The molecule has 0 spiro atoms. The first kappa shape index (κ1) is 23.4. The number of hydrogen-bond donors (Lipinski definition) is 1. The van der Waals surface area contributed by atoms with Crippen LogP contribution in [0.15, 0.2) is 60.1 Å². The Hall–Kier alpha value is -3.36. The van der Waals surface area contributed by atoms with E-state index in [0.29, 0.717) is 12.4 Å². The maximum atomic E-state index is 12.4. The Bertz CT molecular complexity index is 1290. The number of nitrogens with one attached hydrogen (secondary N) is 1. The van der Waals surface area contributed by atoms with Crippen molar-refractivity contribution < 1.29 is 4.79 Å². The summed E-state index contributed by atoms with van der Waals surface area (Å²) in [7, 11) is 0. The lowest BCUT2D eigenvalue weighted by atomic mass is 10.1. The molecule has 0 radical (unpaired) electrons. The fraction of sp³-hybridized carbons (Fsp3) is 0.333. The molecule has 180 valence electrons. The van der Waals surface area contributed by atoms with Crippen LogP contribution >= 0.6 is 11.3 Å². The molecule has 1 fully saturated rings. The summed E-state index contributed by atoms with van der Waals surface area (Å²) in [5.41, 5.74) is 3.09. The predicted octanol–water partition coefficient (Wildman–Crippen LogP) is 4.46. The number of aromatic nitrogens is 3. The number of fused-ring (bicyclic) bond motifs is 1. The average Bonchev–Trinajstić information content (AvgIpc) is 3.34. The largest absolute Gasteiger partial charge is 0.353 e. The number of hydrogen-bond acceptors (Lipinski definition) is 7. The number of rotatable bonds is 7. The topological polar surface area (TPSA) is 74.2 Å². The second-order valence-corrected chi connectivity index (χ2v) is 9.78. The number of carbonyl (C=O) groups excluding carboxylic acids is 1. The summed E-state index contributed by atoms with van der Waals surface area (Å²) in [4.78, 5) is 32.3. The van der Waals surface area contributed by atoms with Crippen LogP contribution in [0.2, 0.25) is 0 Å². The molecule has 1 saturated heterocycles. The second-order valence-electron chi connectivity index (χ2n) is 8.92. The predicted molar refractivity (Wildman–Crippen MR) is 143 cm³/mol. The average molecular weight is 487 g/mol. The number of amides is 1. The van der Waals surface area contributed by atoms with Gasteiger partial charge in [0.1, 0.15) is 16.3 Å². The van der Waals surface area contributed by atoms with Gasteiger partial charge in [0, 0.05) is 49.4 Å². The second kappa shape index (κ2) is 10.5. The van der Waals surface area contributed by atoms with Crippen molar-refractivity contribution in [3.05, 3.63) is 60.1 Å². The van der Waals surface area contributed by atoms with Crippen LogP contribution in [0.5, 0.6) is 0 Å². The molecule has 0 saturated carbocycles. The first-order valence-corrected chi connectivity index (χ1v) is 13.0. The van der Waals surface area contributed by atoms with Crippen LogP contribution in [0.3, 0.4) is 0 Å². The number of thiophene rings is 1. The highest BCUT2D eigenvalue weighted by Crippen LogP contribution is 2.39. The van der Waals surface area contributed by atoms with Crippen molar-refractivity contribution >= 4 is 33.3 Å². The Kier molecular flexibility index (Phi) is 7.01. The van der Waals surface area contributed by atoms with Crippen LogP contribution in [0.4, 0.5) is 5.82 Å². The molecule has 4 heterocycles. The molecular formula is C27H30N6OS. The lowest BCUT2D eigenvalue weighted by Gasteiger charge is -2.35. The quantitative estimate of drug-likeness (QED) is 0.416. The molecule has 1 aliphatic heterocycles. The van der Waals surface area contributed by atoms with Crippen LogP contribution in [-0.2, 0) is 4.79 Å². The highest BCUT2D eigenvalue weighted by Gasteiger charge is 2.25. The summed E-state index contributed by atoms with van der Waals surface area (Å²) in [6.45, 7) is 7.78. The molecule has 0 aliphatic carbocycles. The molecule has 5 rings (SSSR count). The van der Waals surface area contributed by atoms with Gasteiger partial charge in [-0.2, -0.15) is 0 Å². The lowest BCUT2D eigenvalue weighted by molar-refractivity contribution is -0.122. The molecule has 1 aromatic carbocycles. The van der Waals surface area contributed by atoms with E-state index in [1.54, 1.807) is 17.5 Å². The Morgan fingerprint density at radius 3 is 2.54 bits per heavy atom. The first-order chi connectivity index (χ1) is 17.1. The van der Waals surface area contributed by atoms with Gasteiger partial charge in [-0.1, -0.05) is 43.3 Å². The van der Waals surface area contributed by atoms with Gasteiger partial charge in [0.2, 0.25) is 5.91 Å². The number of anilines is 1. The third-order valence-corrected chi connectivity index (χ3v) is 7.32. The summed E-state index contributed by atoms with van der Waals surface area (Å²) >= 11 is 1.64. The highest BCUT2D eigenvalue weighted by molar-refractivity contribution is 7.17. The fourth-order valence-electron chi connectivity index (χ4n) is 4.34. The van der Waals surface area contributed by atoms with E-state index in [-0.39, 0.29) is 11.9 Å². The van der Waals surface area contributed by atoms with E-state index in [2.05, 4.69) is 56.7 Å². The molecule has 1 aliphatic rings.